The molecule has 4 rings (SSSR count). The lowest BCUT2D eigenvalue weighted by atomic mass is 9.78. The van der Waals surface area contributed by atoms with Crippen LogP contribution in [0.15, 0.2) is 30.5 Å². The number of aromatic nitrogens is 1. The molecule has 26 heavy (non-hydrogen) atoms. The smallest absolute Gasteiger partial charge is 0.491 e. The number of hydrogen-bond donors (Lipinski definition) is 0. The zero-order chi connectivity index (χ0) is 18.6. The summed E-state index contributed by atoms with van der Waals surface area (Å²) < 4.78 is 23.5. The van der Waals surface area contributed by atoms with E-state index in [0.29, 0.717) is 6.61 Å². The van der Waals surface area contributed by atoms with Gasteiger partial charge in [0.1, 0.15) is 5.75 Å². The van der Waals surface area contributed by atoms with Gasteiger partial charge in [-0.25, -0.2) is 0 Å². The minimum absolute atomic E-state index is 0.111. The van der Waals surface area contributed by atoms with Gasteiger partial charge < -0.3 is 18.8 Å². The lowest BCUT2D eigenvalue weighted by Crippen LogP contribution is -2.44. The average Bonchev–Trinajstić information content (AvgIpc) is 2.78. The molecule has 2 aliphatic heterocycles. The Bertz CT molecular complexity index is 816. The Hall–Kier alpha value is -1.63. The van der Waals surface area contributed by atoms with Crippen molar-refractivity contribution in [3.63, 3.8) is 0 Å². The highest BCUT2D eigenvalue weighted by Crippen LogP contribution is 2.36. The van der Waals surface area contributed by atoms with Gasteiger partial charge in [0.05, 0.1) is 42.7 Å². The third kappa shape index (κ3) is 3.11. The molecule has 2 aromatic rings. The molecule has 0 saturated carbocycles. The Morgan fingerprint density at radius 1 is 1.04 bits per heavy atom. The molecule has 3 heterocycles. The molecule has 0 bridgehead atoms. The van der Waals surface area contributed by atoms with Gasteiger partial charge in [-0.3, -0.25) is 4.98 Å². The van der Waals surface area contributed by atoms with Crippen LogP contribution >= 0.6 is 0 Å². The van der Waals surface area contributed by atoms with Crippen LogP contribution in [-0.2, 0) is 14.0 Å². The molecule has 5 nitrogen and oxygen atoms in total. The van der Waals surface area contributed by atoms with Crippen molar-refractivity contribution in [2.24, 2.45) is 5.41 Å². The maximum Gasteiger partial charge on any atom is 0.494 e. The van der Waals surface area contributed by atoms with Crippen molar-refractivity contribution in [2.45, 2.75) is 45.8 Å². The molecule has 0 aliphatic carbocycles. The Morgan fingerprint density at radius 3 is 2.35 bits per heavy atom. The molecule has 0 amide bonds. The fraction of sp³-hybridized carbons (Fsp3) is 0.550. The van der Waals surface area contributed by atoms with E-state index in [9.17, 15) is 0 Å². The second-order valence-corrected chi connectivity index (χ2v) is 8.80. The standard InChI is InChI=1S/C20H26BNO4/c1-18(2)19(3,4)26-21(25-18)15-6-7-17-14(8-15)9-16(10-22-17)24-13-20(5)11-23-12-20/h6-10H,11-13H2,1-5H3. The van der Waals surface area contributed by atoms with Crippen molar-refractivity contribution in [3.8, 4) is 5.75 Å². The van der Waals surface area contributed by atoms with Crippen LogP contribution in [0.5, 0.6) is 5.75 Å². The number of pyridine rings is 1. The molecular weight excluding hydrogens is 329 g/mol. The minimum Gasteiger partial charge on any atom is -0.491 e. The van der Waals surface area contributed by atoms with E-state index in [1.165, 1.54) is 0 Å². The van der Waals surface area contributed by atoms with Crippen molar-refractivity contribution >= 4 is 23.5 Å². The topological polar surface area (TPSA) is 49.8 Å². The predicted molar refractivity (Wildman–Crippen MR) is 102 cm³/mol. The van der Waals surface area contributed by atoms with Crippen molar-refractivity contribution in [1.29, 1.82) is 0 Å². The molecule has 0 atom stereocenters. The summed E-state index contributed by atoms with van der Waals surface area (Å²) in [5.74, 6) is 0.775. The first-order valence-corrected chi connectivity index (χ1v) is 9.14. The molecule has 0 radical (unpaired) electrons. The SMILES string of the molecule is CC1(COc2cnc3ccc(B4OC(C)(C)C(C)(C)O4)cc3c2)COC1. The number of nitrogens with zero attached hydrogens (tertiary/aromatic N) is 1. The van der Waals surface area contributed by atoms with Crippen LogP contribution in [-0.4, -0.2) is 43.1 Å². The van der Waals surface area contributed by atoms with Crippen LogP contribution in [0.1, 0.15) is 34.6 Å². The fourth-order valence-electron chi connectivity index (χ4n) is 3.13. The summed E-state index contributed by atoms with van der Waals surface area (Å²) in [5.41, 5.74) is 1.33. The largest absolute Gasteiger partial charge is 0.494 e. The molecule has 1 aromatic carbocycles. The summed E-state index contributed by atoms with van der Waals surface area (Å²) in [6.45, 7) is 12.6. The maximum absolute atomic E-state index is 6.16. The van der Waals surface area contributed by atoms with Gasteiger partial charge in [0.15, 0.2) is 0 Å². The molecule has 0 spiro atoms. The first kappa shape index (κ1) is 17.8. The van der Waals surface area contributed by atoms with Crippen molar-refractivity contribution in [3.05, 3.63) is 30.5 Å². The number of fused-ring (bicyclic) bond motifs is 1. The third-order valence-corrected chi connectivity index (χ3v) is 5.69. The fourth-order valence-corrected chi connectivity index (χ4v) is 3.13. The lowest BCUT2D eigenvalue weighted by molar-refractivity contribution is -0.120. The van der Waals surface area contributed by atoms with Gasteiger partial charge >= 0.3 is 7.12 Å². The number of hydrogen-bond acceptors (Lipinski definition) is 5. The predicted octanol–water partition coefficient (Wildman–Crippen LogP) is 2.95. The van der Waals surface area contributed by atoms with Crippen LogP contribution in [0.25, 0.3) is 10.9 Å². The summed E-state index contributed by atoms with van der Waals surface area (Å²) in [6, 6.07) is 8.12. The van der Waals surface area contributed by atoms with Crippen molar-refractivity contribution < 1.29 is 18.8 Å². The van der Waals surface area contributed by atoms with Crippen molar-refractivity contribution in [2.75, 3.05) is 19.8 Å². The highest BCUT2D eigenvalue weighted by Gasteiger charge is 2.51. The summed E-state index contributed by atoms with van der Waals surface area (Å²) in [7, 11) is -0.375. The van der Waals surface area contributed by atoms with Crippen LogP contribution in [0.4, 0.5) is 0 Å². The Balaban J connectivity index is 1.56. The maximum atomic E-state index is 6.16. The van der Waals surface area contributed by atoms with Crippen LogP contribution in [0.3, 0.4) is 0 Å². The Morgan fingerprint density at radius 2 is 1.73 bits per heavy atom. The highest BCUT2D eigenvalue weighted by atomic mass is 16.7. The van der Waals surface area contributed by atoms with Gasteiger partial charge in [-0.1, -0.05) is 19.1 Å². The first-order valence-electron chi connectivity index (χ1n) is 9.14. The van der Waals surface area contributed by atoms with Gasteiger partial charge in [0.2, 0.25) is 0 Å². The molecule has 1 aromatic heterocycles. The molecule has 2 fully saturated rings. The Kier molecular flexibility index (Phi) is 4.06. The second kappa shape index (κ2) is 5.94. The monoisotopic (exact) mass is 355 g/mol. The molecule has 0 N–H and O–H groups in total. The van der Waals surface area contributed by atoms with Crippen LogP contribution < -0.4 is 10.2 Å². The quantitative estimate of drug-likeness (QED) is 0.790. The van der Waals surface area contributed by atoms with E-state index in [0.717, 1.165) is 35.3 Å². The Labute approximate surface area is 155 Å². The van der Waals surface area contributed by atoms with E-state index in [-0.39, 0.29) is 23.7 Å². The van der Waals surface area contributed by atoms with Crippen molar-refractivity contribution in [1.82, 2.24) is 4.98 Å². The summed E-state index contributed by atoms with van der Waals surface area (Å²) in [4.78, 5) is 4.51. The van der Waals surface area contributed by atoms with E-state index in [2.05, 4.69) is 45.7 Å². The number of benzene rings is 1. The van der Waals surface area contributed by atoms with Crippen LogP contribution in [0.2, 0.25) is 0 Å². The van der Waals surface area contributed by atoms with Gasteiger partial charge in [-0.15, -0.1) is 0 Å². The zero-order valence-corrected chi connectivity index (χ0v) is 16.2. The molecule has 2 saturated heterocycles. The summed E-state index contributed by atoms with van der Waals surface area (Å²) in [5, 5.41) is 1.02. The summed E-state index contributed by atoms with van der Waals surface area (Å²) >= 11 is 0. The van der Waals surface area contributed by atoms with E-state index < -0.39 is 0 Å². The van der Waals surface area contributed by atoms with Crippen LogP contribution in [0, 0.1) is 5.41 Å². The van der Waals surface area contributed by atoms with E-state index in [1.54, 1.807) is 6.20 Å². The van der Waals surface area contributed by atoms with E-state index >= 15 is 0 Å². The average molecular weight is 355 g/mol. The van der Waals surface area contributed by atoms with Gasteiger partial charge in [-0.05, 0) is 45.3 Å². The van der Waals surface area contributed by atoms with E-state index in [1.807, 2.05) is 18.2 Å². The number of ether oxygens (including phenoxy) is 2. The second-order valence-electron chi connectivity index (χ2n) is 8.80. The highest BCUT2D eigenvalue weighted by molar-refractivity contribution is 6.62. The minimum atomic E-state index is -0.375. The zero-order valence-electron chi connectivity index (χ0n) is 16.2. The number of rotatable bonds is 4. The molecule has 138 valence electrons. The molecule has 0 unspecified atom stereocenters. The van der Waals surface area contributed by atoms with E-state index in [4.69, 9.17) is 18.8 Å². The van der Waals surface area contributed by atoms with Gasteiger partial charge in [0, 0.05) is 10.8 Å². The normalized spacial score (nSPS) is 23.0. The van der Waals surface area contributed by atoms with Gasteiger partial charge in [-0.2, -0.15) is 0 Å². The third-order valence-electron chi connectivity index (χ3n) is 5.69. The first-order chi connectivity index (χ1) is 12.2. The van der Waals surface area contributed by atoms with Gasteiger partial charge in [0.25, 0.3) is 0 Å². The molecule has 2 aliphatic rings. The molecular formula is C20H26BNO4. The lowest BCUT2D eigenvalue weighted by Gasteiger charge is -2.37. The molecule has 6 heteroatoms. The summed E-state index contributed by atoms with van der Waals surface area (Å²) in [6.07, 6.45) is 1.78.